The molecule has 0 saturated carbocycles. The standard InChI is InChI=1S/C10H9N3O3/c11-13-10(16)7-8(14)5-3-1-2-4-6(5)12-9(7)15/h1-4,7H,11H2,(H,12,15)(H,13,16). The van der Waals surface area contributed by atoms with Crippen LogP contribution in [0.25, 0.3) is 0 Å². The van der Waals surface area contributed by atoms with Gasteiger partial charge in [-0.3, -0.25) is 19.8 Å². The molecule has 1 unspecified atom stereocenters. The molecule has 1 aliphatic heterocycles. The maximum Gasteiger partial charge on any atom is 0.254 e. The number of fused-ring (bicyclic) bond motifs is 1. The summed E-state index contributed by atoms with van der Waals surface area (Å²) in [6.45, 7) is 0. The fourth-order valence-corrected chi connectivity index (χ4v) is 1.61. The molecule has 0 aromatic heterocycles. The maximum absolute atomic E-state index is 11.9. The summed E-state index contributed by atoms with van der Waals surface area (Å²) in [7, 11) is 0. The molecule has 1 aromatic rings. The third-order valence-corrected chi connectivity index (χ3v) is 2.38. The number of carbonyl (C=O) groups excluding carboxylic acids is 3. The lowest BCUT2D eigenvalue weighted by Gasteiger charge is -2.21. The van der Waals surface area contributed by atoms with E-state index in [0.29, 0.717) is 11.3 Å². The Kier molecular flexibility index (Phi) is 2.41. The van der Waals surface area contributed by atoms with Gasteiger partial charge in [-0.2, -0.15) is 0 Å². The van der Waals surface area contributed by atoms with Crippen LogP contribution in [-0.2, 0) is 9.59 Å². The molecule has 1 aromatic carbocycles. The second-order valence-electron chi connectivity index (χ2n) is 3.34. The Balaban J connectivity index is 2.46. The summed E-state index contributed by atoms with van der Waals surface area (Å²) in [5, 5.41) is 2.48. The van der Waals surface area contributed by atoms with E-state index < -0.39 is 23.5 Å². The predicted octanol–water partition coefficient (Wildman–Crippen LogP) is -0.573. The van der Waals surface area contributed by atoms with E-state index >= 15 is 0 Å². The van der Waals surface area contributed by atoms with Crippen LogP contribution in [0.15, 0.2) is 24.3 Å². The van der Waals surface area contributed by atoms with Gasteiger partial charge in [0.25, 0.3) is 5.91 Å². The number of hydrogen-bond acceptors (Lipinski definition) is 4. The van der Waals surface area contributed by atoms with Crippen molar-refractivity contribution >= 4 is 23.3 Å². The minimum Gasteiger partial charge on any atom is -0.324 e. The zero-order valence-corrected chi connectivity index (χ0v) is 8.19. The van der Waals surface area contributed by atoms with Crippen LogP contribution in [0.5, 0.6) is 0 Å². The van der Waals surface area contributed by atoms with Crippen LogP contribution in [0.1, 0.15) is 10.4 Å². The molecule has 6 heteroatoms. The first-order valence-electron chi connectivity index (χ1n) is 4.59. The average Bonchev–Trinajstić information content (AvgIpc) is 2.28. The zero-order chi connectivity index (χ0) is 11.7. The Hall–Kier alpha value is -2.21. The van der Waals surface area contributed by atoms with Crippen molar-refractivity contribution in [3.8, 4) is 0 Å². The highest BCUT2D eigenvalue weighted by molar-refractivity contribution is 6.30. The molecule has 0 spiro atoms. The Morgan fingerprint density at radius 3 is 2.69 bits per heavy atom. The first kappa shape index (κ1) is 10.3. The van der Waals surface area contributed by atoms with Gasteiger partial charge in [0.15, 0.2) is 11.7 Å². The molecule has 0 aliphatic carbocycles. The van der Waals surface area contributed by atoms with Crippen molar-refractivity contribution in [1.82, 2.24) is 5.43 Å². The second-order valence-corrected chi connectivity index (χ2v) is 3.34. The SMILES string of the molecule is NNC(=O)C1C(=O)Nc2ccccc2C1=O. The van der Waals surface area contributed by atoms with Gasteiger partial charge in [0, 0.05) is 5.56 Å². The van der Waals surface area contributed by atoms with Crippen LogP contribution in [-0.4, -0.2) is 17.6 Å². The summed E-state index contributed by atoms with van der Waals surface area (Å²) in [6, 6.07) is 6.50. The average molecular weight is 219 g/mol. The van der Waals surface area contributed by atoms with E-state index in [9.17, 15) is 14.4 Å². The monoisotopic (exact) mass is 219 g/mol. The minimum atomic E-state index is -1.40. The number of anilines is 1. The Morgan fingerprint density at radius 1 is 1.31 bits per heavy atom. The molecule has 1 aliphatic rings. The third-order valence-electron chi connectivity index (χ3n) is 2.38. The van der Waals surface area contributed by atoms with Gasteiger partial charge >= 0.3 is 0 Å². The van der Waals surface area contributed by atoms with Gasteiger partial charge in [-0.05, 0) is 12.1 Å². The van der Waals surface area contributed by atoms with Crippen LogP contribution in [0.2, 0.25) is 0 Å². The number of nitrogens with one attached hydrogen (secondary N) is 2. The number of hydrazine groups is 1. The number of para-hydroxylation sites is 1. The number of carbonyl (C=O) groups is 3. The fourth-order valence-electron chi connectivity index (χ4n) is 1.61. The molecule has 2 rings (SSSR count). The van der Waals surface area contributed by atoms with Gasteiger partial charge in [-0.25, -0.2) is 5.84 Å². The summed E-state index contributed by atoms with van der Waals surface area (Å²) in [5.74, 6) is 1.50. The summed E-state index contributed by atoms with van der Waals surface area (Å²) < 4.78 is 0. The van der Waals surface area contributed by atoms with Crippen molar-refractivity contribution in [3.05, 3.63) is 29.8 Å². The molecule has 0 fully saturated rings. The molecular formula is C10H9N3O3. The number of nitrogens with two attached hydrogens (primary N) is 1. The van der Waals surface area contributed by atoms with Crippen LogP contribution in [0.3, 0.4) is 0 Å². The molecule has 16 heavy (non-hydrogen) atoms. The van der Waals surface area contributed by atoms with Crippen molar-refractivity contribution < 1.29 is 14.4 Å². The molecule has 82 valence electrons. The van der Waals surface area contributed by atoms with Gasteiger partial charge in [0.1, 0.15) is 0 Å². The zero-order valence-electron chi connectivity index (χ0n) is 8.19. The minimum absolute atomic E-state index is 0.315. The largest absolute Gasteiger partial charge is 0.324 e. The first-order valence-corrected chi connectivity index (χ1v) is 4.59. The molecule has 2 amide bonds. The van der Waals surface area contributed by atoms with E-state index in [1.54, 1.807) is 29.7 Å². The highest BCUT2D eigenvalue weighted by Crippen LogP contribution is 2.25. The lowest BCUT2D eigenvalue weighted by atomic mass is 9.91. The normalized spacial score (nSPS) is 18.7. The van der Waals surface area contributed by atoms with E-state index in [1.807, 2.05) is 0 Å². The highest BCUT2D eigenvalue weighted by atomic mass is 16.2. The van der Waals surface area contributed by atoms with E-state index in [0.717, 1.165) is 0 Å². The smallest absolute Gasteiger partial charge is 0.254 e. The lowest BCUT2D eigenvalue weighted by molar-refractivity contribution is -0.130. The number of hydrogen-bond donors (Lipinski definition) is 3. The summed E-state index contributed by atoms with van der Waals surface area (Å²) in [4.78, 5) is 34.6. The van der Waals surface area contributed by atoms with Crippen molar-refractivity contribution in [2.24, 2.45) is 11.8 Å². The van der Waals surface area contributed by atoms with E-state index in [-0.39, 0.29) is 0 Å². The van der Waals surface area contributed by atoms with Crippen molar-refractivity contribution in [1.29, 1.82) is 0 Å². The van der Waals surface area contributed by atoms with Crippen molar-refractivity contribution in [2.75, 3.05) is 5.32 Å². The Labute approximate surface area is 90.8 Å². The molecule has 1 atom stereocenters. The molecule has 4 N–H and O–H groups in total. The van der Waals surface area contributed by atoms with Crippen molar-refractivity contribution in [3.63, 3.8) is 0 Å². The second kappa shape index (κ2) is 3.74. The summed E-state index contributed by atoms with van der Waals surface area (Å²) in [6.07, 6.45) is 0. The van der Waals surface area contributed by atoms with Gasteiger partial charge in [-0.1, -0.05) is 12.1 Å². The molecule has 6 nitrogen and oxygen atoms in total. The maximum atomic E-state index is 11.9. The number of ketones is 1. The highest BCUT2D eigenvalue weighted by Gasteiger charge is 2.39. The fraction of sp³-hybridized carbons (Fsp3) is 0.100. The number of Topliss-reactive ketones (excluding diaryl/α,β-unsaturated/α-hetero) is 1. The lowest BCUT2D eigenvalue weighted by Crippen LogP contribution is -2.47. The molecule has 0 radical (unpaired) electrons. The van der Waals surface area contributed by atoms with Crippen LogP contribution < -0.4 is 16.6 Å². The number of amides is 2. The molecular weight excluding hydrogens is 210 g/mol. The van der Waals surface area contributed by atoms with Gasteiger partial charge in [-0.15, -0.1) is 0 Å². The van der Waals surface area contributed by atoms with Crippen LogP contribution in [0.4, 0.5) is 5.69 Å². The molecule has 0 bridgehead atoms. The quantitative estimate of drug-likeness (QED) is 0.255. The predicted molar refractivity (Wildman–Crippen MR) is 55.2 cm³/mol. The van der Waals surface area contributed by atoms with Crippen LogP contribution >= 0.6 is 0 Å². The molecule has 1 heterocycles. The van der Waals surface area contributed by atoms with Gasteiger partial charge in [0.2, 0.25) is 5.91 Å². The van der Waals surface area contributed by atoms with Crippen molar-refractivity contribution in [2.45, 2.75) is 0 Å². The van der Waals surface area contributed by atoms with Crippen LogP contribution in [0, 0.1) is 5.92 Å². The number of rotatable bonds is 1. The van der Waals surface area contributed by atoms with E-state index in [4.69, 9.17) is 5.84 Å². The van der Waals surface area contributed by atoms with E-state index in [1.165, 1.54) is 0 Å². The summed E-state index contributed by atoms with van der Waals surface area (Å²) >= 11 is 0. The number of benzene rings is 1. The Bertz CT molecular complexity index is 484. The first-order chi connectivity index (χ1) is 7.65. The summed E-state index contributed by atoms with van der Waals surface area (Å²) in [5.41, 5.74) is 2.54. The topological polar surface area (TPSA) is 101 Å². The van der Waals surface area contributed by atoms with Gasteiger partial charge in [0.05, 0.1) is 5.69 Å². The molecule has 0 saturated heterocycles. The van der Waals surface area contributed by atoms with Gasteiger partial charge < -0.3 is 5.32 Å². The Morgan fingerprint density at radius 2 is 2.00 bits per heavy atom. The van der Waals surface area contributed by atoms with E-state index in [2.05, 4.69) is 5.32 Å². The third kappa shape index (κ3) is 1.45.